The second kappa shape index (κ2) is 12.6. The molecule has 4 rings (SSSR count). The average Bonchev–Trinajstić information content (AvgIpc) is 3.16. The van der Waals surface area contributed by atoms with Gasteiger partial charge in [0.25, 0.3) is 17.7 Å². The van der Waals surface area contributed by atoms with Gasteiger partial charge in [-0.1, -0.05) is 18.9 Å². The first-order chi connectivity index (χ1) is 19.5. The molecule has 0 bridgehead atoms. The van der Waals surface area contributed by atoms with Crippen molar-refractivity contribution >= 4 is 23.4 Å². The van der Waals surface area contributed by atoms with Crippen molar-refractivity contribution in [2.75, 3.05) is 37.6 Å². The Bertz CT molecular complexity index is 1410. The van der Waals surface area contributed by atoms with Crippen LogP contribution in [0.2, 0.25) is 0 Å². The largest absolute Gasteiger partial charge is 0.417 e. The van der Waals surface area contributed by atoms with E-state index in [1.807, 2.05) is 0 Å². The summed E-state index contributed by atoms with van der Waals surface area (Å²) in [5, 5.41) is 9.00. The van der Waals surface area contributed by atoms with E-state index in [1.54, 1.807) is 11.0 Å². The Hall–Kier alpha value is -4.04. The second-order valence-corrected chi connectivity index (χ2v) is 10.2. The number of anilines is 1. The fourth-order valence-electron chi connectivity index (χ4n) is 5.19. The molecule has 0 atom stereocenters. The number of imide groups is 1. The number of hydrogen-bond donors (Lipinski definition) is 0. The molecule has 2 heterocycles. The monoisotopic (exact) mass is 570 g/mol. The molecule has 0 unspecified atom stereocenters. The van der Waals surface area contributed by atoms with E-state index in [1.165, 1.54) is 37.3 Å². The number of nitriles is 1. The van der Waals surface area contributed by atoms with Crippen LogP contribution in [0.25, 0.3) is 0 Å². The first-order valence-electron chi connectivity index (χ1n) is 13.5. The SMILES string of the molecule is CC1=C(CCCCCCN2CCN(C(=O)c3cccc(F)c3)CC2)C(=O)N(c2ccc(C#N)c(C(F)(F)F)c2)C1=O. The maximum Gasteiger partial charge on any atom is 0.417 e. The molecule has 2 aromatic rings. The second-order valence-electron chi connectivity index (χ2n) is 10.2. The van der Waals surface area contributed by atoms with Gasteiger partial charge in [-0.3, -0.25) is 19.3 Å². The Balaban J connectivity index is 1.21. The molecule has 0 aromatic heterocycles. The molecule has 216 valence electrons. The summed E-state index contributed by atoms with van der Waals surface area (Å²) in [6.07, 6.45) is -1.18. The number of unbranched alkanes of at least 4 members (excludes halogenated alkanes) is 3. The topological polar surface area (TPSA) is 84.7 Å². The summed E-state index contributed by atoms with van der Waals surface area (Å²) >= 11 is 0. The van der Waals surface area contributed by atoms with Gasteiger partial charge in [0, 0.05) is 42.9 Å². The van der Waals surface area contributed by atoms with Gasteiger partial charge >= 0.3 is 6.18 Å². The molecular weight excluding hydrogens is 540 g/mol. The lowest BCUT2D eigenvalue weighted by Gasteiger charge is -2.34. The van der Waals surface area contributed by atoms with Crippen LogP contribution in [0.3, 0.4) is 0 Å². The predicted octanol–water partition coefficient (Wildman–Crippen LogP) is 5.31. The Morgan fingerprint density at radius 1 is 0.951 bits per heavy atom. The van der Waals surface area contributed by atoms with Crippen LogP contribution in [-0.2, 0) is 15.8 Å². The maximum atomic E-state index is 13.4. The number of hydrogen-bond acceptors (Lipinski definition) is 5. The zero-order valence-corrected chi connectivity index (χ0v) is 22.6. The van der Waals surface area contributed by atoms with Gasteiger partial charge in [-0.05, 0) is 69.1 Å². The summed E-state index contributed by atoms with van der Waals surface area (Å²) < 4.78 is 53.6. The van der Waals surface area contributed by atoms with Crippen molar-refractivity contribution in [1.29, 1.82) is 5.26 Å². The molecule has 1 saturated heterocycles. The third-order valence-electron chi connectivity index (χ3n) is 7.51. The average molecular weight is 571 g/mol. The highest BCUT2D eigenvalue weighted by Gasteiger charge is 2.39. The number of amides is 3. The van der Waals surface area contributed by atoms with E-state index in [4.69, 9.17) is 5.26 Å². The van der Waals surface area contributed by atoms with Gasteiger partial charge in [-0.25, -0.2) is 9.29 Å². The van der Waals surface area contributed by atoms with Crippen molar-refractivity contribution in [1.82, 2.24) is 9.80 Å². The molecule has 0 saturated carbocycles. The fraction of sp³-hybridized carbons (Fsp3) is 0.400. The van der Waals surface area contributed by atoms with E-state index in [0.717, 1.165) is 49.9 Å². The van der Waals surface area contributed by atoms with Crippen molar-refractivity contribution in [2.45, 2.75) is 45.2 Å². The quantitative estimate of drug-likeness (QED) is 0.232. The lowest BCUT2D eigenvalue weighted by atomic mass is 10.0. The maximum absolute atomic E-state index is 13.4. The highest BCUT2D eigenvalue weighted by Crippen LogP contribution is 2.37. The molecule has 41 heavy (non-hydrogen) atoms. The van der Waals surface area contributed by atoms with Crippen LogP contribution >= 0.6 is 0 Å². The van der Waals surface area contributed by atoms with Crippen LogP contribution in [0.15, 0.2) is 53.6 Å². The van der Waals surface area contributed by atoms with Gasteiger partial charge in [0.1, 0.15) is 5.82 Å². The van der Waals surface area contributed by atoms with Gasteiger partial charge in [-0.2, -0.15) is 18.4 Å². The first kappa shape index (κ1) is 29.9. The number of halogens is 4. The minimum Gasteiger partial charge on any atom is -0.336 e. The van der Waals surface area contributed by atoms with Gasteiger partial charge < -0.3 is 4.90 Å². The summed E-state index contributed by atoms with van der Waals surface area (Å²) in [4.78, 5) is 43.1. The molecule has 7 nitrogen and oxygen atoms in total. The summed E-state index contributed by atoms with van der Waals surface area (Å²) in [5.74, 6) is -1.89. The Labute approximate surface area is 235 Å². The lowest BCUT2D eigenvalue weighted by Crippen LogP contribution is -2.48. The van der Waals surface area contributed by atoms with Gasteiger partial charge in [0.2, 0.25) is 0 Å². The van der Waals surface area contributed by atoms with Crippen LogP contribution in [0.1, 0.15) is 60.5 Å². The molecule has 3 amide bonds. The highest BCUT2D eigenvalue weighted by molar-refractivity contribution is 6.32. The lowest BCUT2D eigenvalue weighted by molar-refractivity contribution is -0.138. The third-order valence-corrected chi connectivity index (χ3v) is 7.51. The van der Waals surface area contributed by atoms with Crippen molar-refractivity contribution in [2.24, 2.45) is 0 Å². The van der Waals surface area contributed by atoms with E-state index in [0.29, 0.717) is 43.1 Å². The fourth-order valence-corrected chi connectivity index (χ4v) is 5.19. The summed E-state index contributed by atoms with van der Waals surface area (Å²) in [7, 11) is 0. The number of alkyl halides is 3. The summed E-state index contributed by atoms with van der Waals surface area (Å²) in [6, 6.07) is 9.99. The van der Waals surface area contributed by atoms with Gasteiger partial charge in [0.05, 0.1) is 22.9 Å². The minimum absolute atomic E-state index is 0.174. The van der Waals surface area contributed by atoms with E-state index in [2.05, 4.69) is 4.90 Å². The Kier molecular flexibility index (Phi) is 9.23. The smallest absolute Gasteiger partial charge is 0.336 e. The summed E-state index contributed by atoms with van der Waals surface area (Å²) in [5.41, 5.74) is -1.12. The number of benzene rings is 2. The Morgan fingerprint density at radius 3 is 2.32 bits per heavy atom. The van der Waals surface area contributed by atoms with E-state index in [-0.39, 0.29) is 17.2 Å². The summed E-state index contributed by atoms with van der Waals surface area (Å²) in [6.45, 7) is 4.95. The molecule has 0 spiro atoms. The van der Waals surface area contributed by atoms with Crippen molar-refractivity contribution in [3.63, 3.8) is 0 Å². The van der Waals surface area contributed by atoms with Gasteiger partial charge in [-0.15, -0.1) is 0 Å². The van der Waals surface area contributed by atoms with Crippen molar-refractivity contribution < 1.29 is 31.9 Å². The zero-order chi connectivity index (χ0) is 29.7. The van der Waals surface area contributed by atoms with Crippen LogP contribution in [-0.4, -0.2) is 60.2 Å². The predicted molar refractivity (Wildman–Crippen MR) is 143 cm³/mol. The molecule has 1 fully saturated rings. The molecule has 11 heteroatoms. The van der Waals surface area contributed by atoms with Crippen molar-refractivity contribution in [3.8, 4) is 6.07 Å². The van der Waals surface area contributed by atoms with E-state index < -0.39 is 34.9 Å². The van der Waals surface area contributed by atoms with Crippen LogP contribution in [0.4, 0.5) is 23.2 Å². The number of carbonyl (C=O) groups excluding carboxylic acids is 3. The van der Waals surface area contributed by atoms with E-state index in [9.17, 15) is 31.9 Å². The van der Waals surface area contributed by atoms with E-state index >= 15 is 0 Å². The first-order valence-corrected chi connectivity index (χ1v) is 13.5. The number of nitrogens with zero attached hydrogens (tertiary/aromatic N) is 4. The molecular formula is C30H30F4N4O3. The standard InChI is InChI=1S/C30H30F4N4O3/c1-20-25(29(41)38(27(20)39)24-11-10-22(19-35)26(18-24)30(32,33)34)9-4-2-3-5-12-36-13-15-37(16-14-36)28(40)21-7-6-8-23(31)17-21/h6-8,10-11,17-18H,2-5,9,12-16H2,1H3. The van der Waals surface area contributed by atoms with Crippen LogP contribution < -0.4 is 4.90 Å². The number of carbonyl (C=O) groups is 3. The molecule has 2 aliphatic rings. The van der Waals surface area contributed by atoms with Crippen LogP contribution in [0.5, 0.6) is 0 Å². The molecule has 0 N–H and O–H groups in total. The van der Waals surface area contributed by atoms with Crippen molar-refractivity contribution in [3.05, 3.63) is 76.1 Å². The zero-order valence-electron chi connectivity index (χ0n) is 22.6. The third kappa shape index (κ3) is 6.82. The number of rotatable bonds is 9. The normalized spacial score (nSPS) is 16.5. The molecule has 2 aliphatic heterocycles. The molecule has 2 aromatic carbocycles. The Morgan fingerprint density at radius 2 is 1.66 bits per heavy atom. The van der Waals surface area contributed by atoms with Crippen LogP contribution in [0, 0.1) is 17.1 Å². The minimum atomic E-state index is -4.80. The highest BCUT2D eigenvalue weighted by atomic mass is 19.4. The molecule has 0 aliphatic carbocycles. The van der Waals surface area contributed by atoms with Gasteiger partial charge in [0.15, 0.2) is 0 Å². The number of piperazine rings is 1. The molecule has 0 radical (unpaired) electrons.